The number of nitrogens with two attached hydrogens (primary N) is 4. The van der Waals surface area contributed by atoms with Gasteiger partial charge in [-0.05, 0) is 0 Å². The average Bonchev–Trinajstić information content (AvgIpc) is 2.32. The summed E-state index contributed by atoms with van der Waals surface area (Å²) in [6, 6.07) is 0. The van der Waals surface area contributed by atoms with Crippen LogP contribution in [-0.4, -0.2) is 56.5 Å². The minimum atomic E-state index is -2.30. The van der Waals surface area contributed by atoms with Gasteiger partial charge in [0.15, 0.2) is 0 Å². The minimum Gasteiger partial charge on any atom is -0.479 e. The van der Waals surface area contributed by atoms with Crippen LogP contribution in [0.25, 0.3) is 0 Å². The van der Waals surface area contributed by atoms with Gasteiger partial charge in [-0.15, -0.1) is 0 Å². The molecule has 2 atom stereocenters. The zero-order chi connectivity index (χ0) is 16.1. The number of carboxylic acids is 2. The van der Waals surface area contributed by atoms with Crippen LogP contribution in [0.2, 0.25) is 0 Å². The molecule has 2 amide bonds. The monoisotopic (exact) mass is 326 g/mol. The van der Waals surface area contributed by atoms with E-state index >= 15 is 0 Å². The van der Waals surface area contributed by atoms with Gasteiger partial charge in [0.05, 0.1) is 0 Å². The van der Waals surface area contributed by atoms with Crippen LogP contribution in [-0.2, 0) is 19.2 Å². The maximum absolute atomic E-state index is 11.0. The number of carbonyl (C=O) groups is 4. The molecule has 0 aliphatic carbocycles. The van der Waals surface area contributed by atoms with Gasteiger partial charge in [0.2, 0.25) is 22.9 Å². The Morgan fingerprint density at radius 3 is 1.20 bits per heavy atom. The second-order valence-electron chi connectivity index (χ2n) is 3.81. The molecule has 0 aromatic heterocycles. The highest BCUT2D eigenvalue weighted by Crippen LogP contribution is 2.28. The molecular weight excluding hydrogens is 312 g/mol. The smallest absolute Gasteiger partial charge is 0.334 e. The first-order valence-corrected chi connectivity index (χ1v) is 7.36. The van der Waals surface area contributed by atoms with Crippen molar-refractivity contribution in [1.82, 2.24) is 0 Å². The van der Waals surface area contributed by atoms with Gasteiger partial charge in [-0.25, -0.2) is 9.59 Å². The molecule has 0 unspecified atom stereocenters. The molecule has 20 heavy (non-hydrogen) atoms. The van der Waals surface area contributed by atoms with E-state index in [1.165, 1.54) is 0 Å². The molecule has 0 bridgehead atoms. The first-order valence-electron chi connectivity index (χ1n) is 4.87. The maximum Gasteiger partial charge on any atom is 0.334 e. The number of amides is 2. The molecule has 0 rings (SSSR count). The molecule has 12 heteroatoms. The summed E-state index contributed by atoms with van der Waals surface area (Å²) < 4.78 is 0. The van der Waals surface area contributed by atoms with E-state index < -0.39 is 46.3 Å². The molecule has 0 saturated carbocycles. The quantitative estimate of drug-likeness (QED) is 0.142. The molecule has 0 aromatic carbocycles. The largest absolute Gasteiger partial charge is 0.479 e. The van der Waals surface area contributed by atoms with Crippen molar-refractivity contribution in [2.45, 2.75) is 11.1 Å². The number of aliphatic carboxylic acids is 2. The topological polar surface area (TPSA) is 213 Å². The lowest BCUT2D eigenvalue weighted by atomic mass is 10.0. The summed E-state index contributed by atoms with van der Waals surface area (Å²) in [6.07, 6.45) is 0. The standard InChI is InChI=1S/C8H14N4O6S2/c9-3(13)7(11,5(15)16)1-19-20-2-8(12,4(10)14)6(17)18/h1-2,11-12H2,(H2,9,13)(H2,10,14)(H,15,16)(H,17,18)/t7-,8-/m1/s1. The van der Waals surface area contributed by atoms with E-state index in [0.29, 0.717) is 0 Å². The summed E-state index contributed by atoms with van der Waals surface area (Å²) in [5, 5.41) is 17.6. The first kappa shape index (κ1) is 18.5. The fraction of sp³-hybridized carbons (Fsp3) is 0.500. The van der Waals surface area contributed by atoms with Gasteiger partial charge in [0.25, 0.3) is 0 Å². The lowest BCUT2D eigenvalue weighted by molar-refractivity contribution is -0.148. The van der Waals surface area contributed by atoms with Crippen LogP contribution in [0, 0.1) is 0 Å². The Hall–Kier alpha value is -1.50. The van der Waals surface area contributed by atoms with Gasteiger partial charge in [0, 0.05) is 11.5 Å². The lowest BCUT2D eigenvalue weighted by Gasteiger charge is -2.22. The van der Waals surface area contributed by atoms with Gasteiger partial charge in [-0.2, -0.15) is 0 Å². The predicted octanol–water partition coefficient (Wildman–Crippen LogP) is -3.10. The van der Waals surface area contributed by atoms with Gasteiger partial charge in [0.1, 0.15) is 0 Å². The molecule has 0 aromatic rings. The van der Waals surface area contributed by atoms with Crippen LogP contribution in [0.5, 0.6) is 0 Å². The molecule has 0 aliphatic rings. The minimum absolute atomic E-state index is 0.434. The number of hydrogen-bond donors (Lipinski definition) is 6. The Morgan fingerprint density at radius 1 is 0.800 bits per heavy atom. The summed E-state index contributed by atoms with van der Waals surface area (Å²) in [5.74, 6) is -6.60. The van der Waals surface area contributed by atoms with Crippen molar-refractivity contribution < 1.29 is 29.4 Å². The van der Waals surface area contributed by atoms with Crippen LogP contribution in [0.15, 0.2) is 0 Å². The van der Waals surface area contributed by atoms with E-state index in [4.69, 9.17) is 33.1 Å². The summed E-state index contributed by atoms with van der Waals surface area (Å²) >= 11 is 0. The van der Waals surface area contributed by atoms with Crippen molar-refractivity contribution >= 4 is 45.3 Å². The molecule has 10 N–H and O–H groups in total. The normalized spacial score (nSPS) is 16.7. The van der Waals surface area contributed by atoms with Gasteiger partial charge < -0.3 is 33.1 Å². The van der Waals surface area contributed by atoms with E-state index in [9.17, 15) is 19.2 Å². The van der Waals surface area contributed by atoms with Crippen molar-refractivity contribution in [3.8, 4) is 0 Å². The molecule has 114 valence electrons. The number of carbonyl (C=O) groups excluding carboxylic acids is 2. The Bertz CT molecular complexity index is 375. The van der Waals surface area contributed by atoms with E-state index in [-0.39, 0.29) is 0 Å². The zero-order valence-corrected chi connectivity index (χ0v) is 11.7. The van der Waals surface area contributed by atoms with Crippen molar-refractivity contribution in [3.05, 3.63) is 0 Å². The van der Waals surface area contributed by atoms with E-state index in [2.05, 4.69) is 0 Å². The number of hydrogen-bond acceptors (Lipinski definition) is 8. The fourth-order valence-electron chi connectivity index (χ4n) is 0.746. The fourth-order valence-corrected chi connectivity index (χ4v) is 3.43. The van der Waals surface area contributed by atoms with Gasteiger partial charge in [-0.1, -0.05) is 21.6 Å². The van der Waals surface area contributed by atoms with E-state index in [1.54, 1.807) is 0 Å². The van der Waals surface area contributed by atoms with Crippen LogP contribution in [0.4, 0.5) is 0 Å². The second kappa shape index (κ2) is 6.78. The first-order chi connectivity index (χ1) is 8.98. The van der Waals surface area contributed by atoms with Crippen LogP contribution in [0.1, 0.15) is 0 Å². The molecule has 0 fully saturated rings. The Labute approximate surface area is 121 Å². The third kappa shape index (κ3) is 4.00. The molecule has 0 heterocycles. The molecule has 0 radical (unpaired) electrons. The van der Waals surface area contributed by atoms with Crippen LogP contribution >= 0.6 is 21.6 Å². The molecule has 0 saturated heterocycles. The third-order valence-corrected chi connectivity index (χ3v) is 4.82. The lowest BCUT2D eigenvalue weighted by Crippen LogP contribution is -2.60. The summed E-state index contributed by atoms with van der Waals surface area (Å²) in [5.41, 5.74) is 15.8. The van der Waals surface area contributed by atoms with Gasteiger partial charge >= 0.3 is 11.9 Å². The van der Waals surface area contributed by atoms with Gasteiger partial charge in [-0.3, -0.25) is 9.59 Å². The molecule has 0 aliphatic heterocycles. The second-order valence-corrected chi connectivity index (χ2v) is 6.27. The predicted molar refractivity (Wildman–Crippen MR) is 72.4 cm³/mol. The molecule has 0 spiro atoms. The van der Waals surface area contributed by atoms with Crippen LogP contribution < -0.4 is 22.9 Å². The van der Waals surface area contributed by atoms with E-state index in [0.717, 1.165) is 21.6 Å². The zero-order valence-electron chi connectivity index (χ0n) is 10.1. The van der Waals surface area contributed by atoms with Crippen molar-refractivity contribution in [1.29, 1.82) is 0 Å². The number of primary amides is 2. The Balaban J connectivity index is 4.60. The van der Waals surface area contributed by atoms with Crippen molar-refractivity contribution in [2.24, 2.45) is 22.9 Å². The summed E-state index contributed by atoms with van der Waals surface area (Å²) in [6.45, 7) is 0. The van der Waals surface area contributed by atoms with Crippen LogP contribution in [0.3, 0.4) is 0 Å². The Morgan fingerprint density at radius 2 is 1.05 bits per heavy atom. The average molecular weight is 326 g/mol. The third-order valence-electron chi connectivity index (χ3n) is 2.30. The molecule has 10 nitrogen and oxygen atoms in total. The SMILES string of the molecule is NC(=O)[C@](N)(CSSC[C@@](N)(C(N)=O)C(=O)O)C(=O)O. The van der Waals surface area contributed by atoms with Crippen molar-refractivity contribution in [2.75, 3.05) is 11.5 Å². The summed E-state index contributed by atoms with van der Waals surface area (Å²) in [4.78, 5) is 43.6. The summed E-state index contributed by atoms with van der Waals surface area (Å²) in [7, 11) is 1.47. The van der Waals surface area contributed by atoms with Crippen molar-refractivity contribution in [3.63, 3.8) is 0 Å². The number of carboxylic acid groups (broad SMARTS) is 2. The van der Waals surface area contributed by atoms with E-state index in [1.807, 2.05) is 0 Å². The maximum atomic E-state index is 11.0. The highest BCUT2D eigenvalue weighted by molar-refractivity contribution is 8.76. The highest BCUT2D eigenvalue weighted by Gasteiger charge is 2.43. The number of rotatable bonds is 9. The highest BCUT2D eigenvalue weighted by atomic mass is 33.1. The Kier molecular flexibility index (Phi) is 6.28. The molecular formula is C8H14N4O6S2.